The fourth-order valence-corrected chi connectivity index (χ4v) is 2.88. The Morgan fingerprint density at radius 3 is 2.84 bits per heavy atom. The molecule has 0 bridgehead atoms. The van der Waals surface area contributed by atoms with E-state index in [1.807, 2.05) is 48.5 Å². The molecule has 0 amide bonds. The van der Waals surface area contributed by atoms with E-state index in [4.69, 9.17) is 9.15 Å². The Bertz CT molecular complexity index is 1060. The number of hydrogen-bond acceptors (Lipinski definition) is 5. The molecule has 0 fully saturated rings. The number of carbonyl (C=O) groups excluding carboxylic acids is 1. The first-order valence-corrected chi connectivity index (χ1v) is 8.06. The number of aromatic nitrogens is 1. The van der Waals surface area contributed by atoms with Gasteiger partial charge in [0.25, 0.3) is 0 Å². The minimum absolute atomic E-state index is 0.151. The van der Waals surface area contributed by atoms with Crippen molar-refractivity contribution in [3.8, 4) is 0 Å². The van der Waals surface area contributed by atoms with Crippen LogP contribution in [0, 0.1) is 0 Å². The SMILES string of the molecule is CCOC(=O)c1oc2cnccc2c1Nc1cccc2ccccc12. The maximum absolute atomic E-state index is 12.3. The van der Waals surface area contributed by atoms with Gasteiger partial charge in [-0.05, 0) is 24.4 Å². The Morgan fingerprint density at radius 1 is 1.12 bits per heavy atom. The summed E-state index contributed by atoms with van der Waals surface area (Å²) >= 11 is 0. The third-order valence-corrected chi connectivity index (χ3v) is 4.00. The summed E-state index contributed by atoms with van der Waals surface area (Å²) in [5.41, 5.74) is 2.02. The van der Waals surface area contributed by atoms with Crippen LogP contribution < -0.4 is 5.32 Å². The molecule has 2 heterocycles. The minimum atomic E-state index is -0.499. The minimum Gasteiger partial charge on any atom is -0.460 e. The van der Waals surface area contributed by atoms with Crippen molar-refractivity contribution in [1.29, 1.82) is 0 Å². The fraction of sp³-hybridized carbons (Fsp3) is 0.100. The van der Waals surface area contributed by atoms with Gasteiger partial charge in [0.15, 0.2) is 5.58 Å². The average Bonchev–Trinajstić information content (AvgIpc) is 3.01. The zero-order valence-corrected chi connectivity index (χ0v) is 13.7. The summed E-state index contributed by atoms with van der Waals surface area (Å²) in [4.78, 5) is 16.4. The predicted molar refractivity (Wildman–Crippen MR) is 97.2 cm³/mol. The zero-order valence-electron chi connectivity index (χ0n) is 13.7. The third kappa shape index (κ3) is 2.70. The molecule has 0 aliphatic rings. The molecule has 1 N–H and O–H groups in total. The van der Waals surface area contributed by atoms with Gasteiger partial charge in [0.2, 0.25) is 5.76 Å². The number of furan rings is 1. The zero-order chi connectivity index (χ0) is 17.2. The molecule has 0 saturated heterocycles. The highest BCUT2D eigenvalue weighted by Crippen LogP contribution is 2.35. The number of carbonyl (C=O) groups is 1. The van der Waals surface area contributed by atoms with Crippen molar-refractivity contribution >= 4 is 39.1 Å². The molecule has 0 saturated carbocycles. The second kappa shape index (κ2) is 6.28. The van der Waals surface area contributed by atoms with Crippen LogP contribution >= 0.6 is 0 Å². The van der Waals surface area contributed by atoms with Crippen molar-refractivity contribution in [3.63, 3.8) is 0 Å². The fourth-order valence-electron chi connectivity index (χ4n) is 2.88. The first-order chi connectivity index (χ1) is 12.3. The van der Waals surface area contributed by atoms with Gasteiger partial charge in [-0.2, -0.15) is 0 Å². The third-order valence-electron chi connectivity index (χ3n) is 4.00. The number of rotatable bonds is 4. The molecular weight excluding hydrogens is 316 g/mol. The Balaban J connectivity index is 1.87. The van der Waals surface area contributed by atoms with Gasteiger partial charge in [-0.25, -0.2) is 4.79 Å². The van der Waals surface area contributed by atoms with Crippen LogP contribution in [-0.2, 0) is 4.74 Å². The van der Waals surface area contributed by atoms with E-state index in [0.29, 0.717) is 11.3 Å². The molecule has 2 aromatic heterocycles. The van der Waals surface area contributed by atoms with Gasteiger partial charge in [-0.1, -0.05) is 36.4 Å². The quantitative estimate of drug-likeness (QED) is 0.538. The average molecular weight is 332 g/mol. The second-order valence-corrected chi connectivity index (χ2v) is 5.55. The number of hydrogen-bond donors (Lipinski definition) is 1. The van der Waals surface area contributed by atoms with Gasteiger partial charge in [-0.15, -0.1) is 0 Å². The van der Waals surface area contributed by atoms with Gasteiger partial charge in [0, 0.05) is 22.7 Å². The molecular formula is C20H16N2O3. The lowest BCUT2D eigenvalue weighted by Gasteiger charge is -2.10. The molecule has 0 aliphatic carbocycles. The molecule has 0 radical (unpaired) electrons. The smallest absolute Gasteiger partial charge is 0.376 e. The van der Waals surface area contributed by atoms with Crippen LogP contribution in [0.2, 0.25) is 0 Å². The molecule has 4 rings (SSSR count). The molecule has 25 heavy (non-hydrogen) atoms. The summed E-state index contributed by atoms with van der Waals surface area (Å²) < 4.78 is 10.8. The first kappa shape index (κ1) is 15.2. The second-order valence-electron chi connectivity index (χ2n) is 5.55. The van der Waals surface area contributed by atoms with Gasteiger partial charge >= 0.3 is 5.97 Å². The first-order valence-electron chi connectivity index (χ1n) is 8.06. The monoisotopic (exact) mass is 332 g/mol. The van der Waals surface area contributed by atoms with E-state index in [2.05, 4.69) is 10.3 Å². The van der Waals surface area contributed by atoms with E-state index in [1.54, 1.807) is 19.3 Å². The highest BCUT2D eigenvalue weighted by atomic mass is 16.5. The number of pyridine rings is 1. The van der Waals surface area contributed by atoms with Crippen molar-refractivity contribution in [1.82, 2.24) is 4.98 Å². The lowest BCUT2D eigenvalue weighted by Crippen LogP contribution is -2.06. The van der Waals surface area contributed by atoms with Gasteiger partial charge < -0.3 is 14.5 Å². The van der Waals surface area contributed by atoms with Gasteiger partial charge in [-0.3, -0.25) is 4.98 Å². The number of benzene rings is 2. The van der Waals surface area contributed by atoms with Crippen LogP contribution in [-0.4, -0.2) is 17.6 Å². The lowest BCUT2D eigenvalue weighted by molar-refractivity contribution is 0.0494. The van der Waals surface area contributed by atoms with E-state index < -0.39 is 5.97 Å². The van der Waals surface area contributed by atoms with Crippen LogP contribution in [0.5, 0.6) is 0 Å². The van der Waals surface area contributed by atoms with Crippen molar-refractivity contribution in [2.45, 2.75) is 6.92 Å². The summed E-state index contributed by atoms with van der Waals surface area (Å²) in [5.74, 6) is -0.348. The van der Waals surface area contributed by atoms with Crippen molar-refractivity contribution in [2.75, 3.05) is 11.9 Å². The topological polar surface area (TPSA) is 64.4 Å². The molecule has 5 nitrogen and oxygen atoms in total. The van der Waals surface area contributed by atoms with Gasteiger partial charge in [0.05, 0.1) is 12.8 Å². The van der Waals surface area contributed by atoms with Crippen LogP contribution in [0.3, 0.4) is 0 Å². The van der Waals surface area contributed by atoms with Crippen LogP contribution in [0.15, 0.2) is 65.3 Å². The summed E-state index contributed by atoms with van der Waals surface area (Å²) in [6.45, 7) is 2.04. The Kier molecular flexibility index (Phi) is 3.82. The maximum atomic E-state index is 12.3. The lowest BCUT2D eigenvalue weighted by atomic mass is 10.1. The molecule has 2 aromatic carbocycles. The number of nitrogens with one attached hydrogen (secondary N) is 1. The Labute approximate surface area is 144 Å². The van der Waals surface area contributed by atoms with Crippen LogP contribution in [0.25, 0.3) is 21.7 Å². The van der Waals surface area contributed by atoms with Crippen molar-refractivity contribution in [3.05, 3.63) is 66.7 Å². The Morgan fingerprint density at radius 2 is 1.96 bits per heavy atom. The van der Waals surface area contributed by atoms with Crippen molar-refractivity contribution < 1.29 is 13.9 Å². The highest BCUT2D eigenvalue weighted by Gasteiger charge is 2.22. The molecule has 0 atom stereocenters. The normalized spacial score (nSPS) is 10.9. The van der Waals surface area contributed by atoms with E-state index in [9.17, 15) is 4.79 Å². The molecule has 124 valence electrons. The molecule has 0 spiro atoms. The standard InChI is InChI=1S/C20H16N2O3/c1-2-24-20(23)19-18(15-10-11-21-12-17(15)25-19)22-16-9-5-7-13-6-3-4-8-14(13)16/h3-12,22H,2H2,1H3. The molecule has 0 aliphatic heterocycles. The Hall–Kier alpha value is -3.34. The van der Waals surface area contributed by atoms with Crippen LogP contribution in [0.4, 0.5) is 11.4 Å². The number of ether oxygens (including phenoxy) is 1. The number of fused-ring (bicyclic) bond motifs is 2. The van der Waals surface area contributed by atoms with Crippen LogP contribution in [0.1, 0.15) is 17.5 Å². The van der Waals surface area contributed by atoms with E-state index in [-0.39, 0.29) is 12.4 Å². The summed E-state index contributed by atoms with van der Waals surface area (Å²) in [5, 5.41) is 6.31. The largest absolute Gasteiger partial charge is 0.460 e. The summed E-state index contributed by atoms with van der Waals surface area (Å²) in [6.07, 6.45) is 3.26. The molecule has 0 unspecified atom stereocenters. The summed E-state index contributed by atoms with van der Waals surface area (Å²) in [7, 11) is 0. The maximum Gasteiger partial charge on any atom is 0.376 e. The number of esters is 1. The van der Waals surface area contributed by atoms with E-state index in [0.717, 1.165) is 21.8 Å². The molecule has 4 aromatic rings. The number of nitrogens with zero attached hydrogens (tertiary/aromatic N) is 1. The van der Waals surface area contributed by atoms with Crippen molar-refractivity contribution in [2.24, 2.45) is 0 Å². The summed E-state index contributed by atoms with van der Waals surface area (Å²) in [6, 6.07) is 15.9. The van der Waals surface area contributed by atoms with E-state index >= 15 is 0 Å². The highest BCUT2D eigenvalue weighted by molar-refractivity contribution is 6.07. The molecule has 5 heteroatoms. The number of anilines is 2. The van der Waals surface area contributed by atoms with E-state index in [1.165, 1.54) is 0 Å². The predicted octanol–water partition coefficient (Wildman–Crippen LogP) is 4.90. The van der Waals surface area contributed by atoms with Gasteiger partial charge in [0.1, 0.15) is 5.69 Å².